The van der Waals surface area contributed by atoms with Crippen molar-refractivity contribution >= 4 is 41.3 Å². The highest BCUT2D eigenvalue weighted by Crippen LogP contribution is 2.44. The Morgan fingerprint density at radius 1 is 0.895 bits per heavy atom. The van der Waals surface area contributed by atoms with Gasteiger partial charge in [0, 0.05) is 41.4 Å². The number of amides is 1. The molecule has 4 nitrogen and oxygen atoms in total. The molecule has 1 fully saturated rings. The fourth-order valence-electron chi connectivity index (χ4n) is 6.03. The molecule has 1 saturated heterocycles. The second-order valence-corrected chi connectivity index (χ2v) is 11.3. The van der Waals surface area contributed by atoms with E-state index in [1.54, 1.807) is 18.7 Å². The predicted octanol–water partition coefficient (Wildman–Crippen LogP) is 7.22. The zero-order valence-electron chi connectivity index (χ0n) is 21.7. The third-order valence-corrected chi connectivity index (χ3v) is 9.52. The zero-order valence-corrected chi connectivity index (χ0v) is 23.9. The van der Waals surface area contributed by atoms with Crippen molar-refractivity contribution in [2.24, 2.45) is 0 Å². The molecule has 0 aromatic heterocycles. The number of hydrogen-bond acceptors (Lipinski definition) is 3. The molecule has 3 aromatic carbocycles. The van der Waals surface area contributed by atoms with E-state index in [9.17, 15) is 17.7 Å². The average molecular weight is 633 g/mol. The summed E-state index contributed by atoms with van der Waals surface area (Å²) in [6, 6.07) is 16.5. The Labute approximate surface area is 235 Å². The molecule has 200 valence electrons. The number of nitrogens with zero attached hydrogens (tertiary/aromatic N) is 2. The fraction of sp³-hybridized carbons (Fsp3) is 0.345. The monoisotopic (exact) mass is 633 g/mol. The van der Waals surface area contributed by atoms with Gasteiger partial charge in [0.25, 0.3) is 0 Å². The van der Waals surface area contributed by atoms with Gasteiger partial charge in [0.2, 0.25) is 0 Å². The summed E-state index contributed by atoms with van der Waals surface area (Å²) in [4.78, 5) is 16.8. The highest BCUT2D eigenvalue weighted by Gasteiger charge is 2.32. The molecule has 0 atom stereocenters. The molecule has 38 heavy (non-hydrogen) atoms. The Hall–Kier alpha value is -2.69. The predicted molar refractivity (Wildman–Crippen MR) is 155 cm³/mol. The number of hydrogen-bond donors (Lipinski definition) is 0. The number of ether oxygens (including phenoxy) is 1. The zero-order chi connectivity index (χ0) is 27.2. The van der Waals surface area contributed by atoms with Gasteiger partial charge >= 0.3 is 13.1 Å². The standard InChI is InChI=1S/C29H30BF3IN2O2/c1-18-25(16-30(31,32)33)19(2)28(20(3)27(18)34)35-12-14-36(15-13-35)29(37)38-17-26-23-10-6-4-8-21(23)22-9-5-7-11-24(22)26/h4-11,26H,12-17H2,1-3H3/q-1. The van der Waals surface area contributed by atoms with Crippen molar-refractivity contribution in [3.05, 3.63) is 85.5 Å². The number of carbonyl (C=O) groups is 1. The van der Waals surface area contributed by atoms with Gasteiger partial charge in [-0.05, 0) is 82.3 Å². The van der Waals surface area contributed by atoms with Crippen LogP contribution in [0, 0.1) is 24.3 Å². The highest BCUT2D eigenvalue weighted by atomic mass is 127. The van der Waals surface area contributed by atoms with Crippen LogP contribution in [-0.2, 0) is 11.1 Å². The van der Waals surface area contributed by atoms with Crippen LogP contribution in [0.5, 0.6) is 0 Å². The largest absolute Gasteiger partial charge is 0.482 e. The van der Waals surface area contributed by atoms with Crippen molar-refractivity contribution in [1.82, 2.24) is 4.90 Å². The van der Waals surface area contributed by atoms with E-state index in [0.29, 0.717) is 42.9 Å². The number of carbonyl (C=O) groups excluding carboxylic acids is 1. The van der Waals surface area contributed by atoms with E-state index in [2.05, 4.69) is 51.8 Å². The Kier molecular flexibility index (Phi) is 7.41. The van der Waals surface area contributed by atoms with Gasteiger partial charge in [-0.2, -0.15) is 0 Å². The quantitative estimate of drug-likeness (QED) is 0.220. The second kappa shape index (κ2) is 10.5. The van der Waals surface area contributed by atoms with Crippen LogP contribution in [0.15, 0.2) is 48.5 Å². The van der Waals surface area contributed by atoms with Crippen LogP contribution >= 0.6 is 22.6 Å². The molecule has 1 aliphatic heterocycles. The van der Waals surface area contributed by atoms with Crippen molar-refractivity contribution < 1.29 is 22.5 Å². The SMILES string of the molecule is Cc1c(I)c(C)c(N2CCN(C(=O)OCC3c4ccccc4-c4ccccc43)CC2)c(C)c1C[B-](F)(F)F. The van der Waals surface area contributed by atoms with Gasteiger partial charge < -0.3 is 27.5 Å². The van der Waals surface area contributed by atoms with Gasteiger partial charge in [0.15, 0.2) is 0 Å². The molecular weight excluding hydrogens is 603 g/mol. The molecule has 0 saturated carbocycles. The molecule has 3 aromatic rings. The van der Waals surface area contributed by atoms with E-state index in [1.165, 1.54) is 22.3 Å². The van der Waals surface area contributed by atoms with E-state index in [1.807, 2.05) is 31.2 Å². The number of anilines is 1. The van der Waals surface area contributed by atoms with Crippen molar-refractivity contribution in [2.75, 3.05) is 37.7 Å². The minimum atomic E-state index is -4.94. The second-order valence-electron chi connectivity index (χ2n) is 10.2. The summed E-state index contributed by atoms with van der Waals surface area (Å²) in [5.74, 6) is 0.00113. The Morgan fingerprint density at radius 2 is 1.45 bits per heavy atom. The molecular formula is C29H30BF3IN2O2-. The van der Waals surface area contributed by atoms with Gasteiger partial charge in [0.1, 0.15) is 6.61 Å². The molecule has 0 unspecified atom stereocenters. The third kappa shape index (κ3) is 5.01. The minimum Gasteiger partial charge on any atom is -0.449 e. The lowest BCUT2D eigenvalue weighted by Gasteiger charge is -2.38. The lowest BCUT2D eigenvalue weighted by atomic mass is 9.77. The molecule has 1 amide bonds. The third-order valence-electron chi connectivity index (χ3n) is 7.90. The molecule has 0 radical (unpaired) electrons. The summed E-state index contributed by atoms with van der Waals surface area (Å²) >= 11 is 2.16. The van der Waals surface area contributed by atoms with Crippen molar-refractivity contribution in [2.45, 2.75) is 33.0 Å². The lowest BCUT2D eigenvalue weighted by molar-refractivity contribution is 0.0976. The topological polar surface area (TPSA) is 32.8 Å². The first kappa shape index (κ1) is 26.9. The number of piperazine rings is 1. The van der Waals surface area contributed by atoms with Crippen LogP contribution in [0.1, 0.15) is 39.3 Å². The van der Waals surface area contributed by atoms with E-state index >= 15 is 0 Å². The van der Waals surface area contributed by atoms with Crippen LogP contribution in [-0.4, -0.2) is 50.8 Å². The number of fused-ring (bicyclic) bond motifs is 3. The van der Waals surface area contributed by atoms with Crippen molar-refractivity contribution in [3.8, 4) is 11.1 Å². The van der Waals surface area contributed by atoms with Crippen LogP contribution in [0.25, 0.3) is 11.1 Å². The number of rotatable bonds is 5. The van der Waals surface area contributed by atoms with Gasteiger partial charge in [-0.15, -0.1) is 0 Å². The number of benzene rings is 3. The molecule has 1 aliphatic carbocycles. The maximum atomic E-state index is 13.4. The maximum absolute atomic E-state index is 13.4. The smallest absolute Gasteiger partial charge is 0.449 e. The van der Waals surface area contributed by atoms with Gasteiger partial charge in [0.05, 0.1) is 0 Å². The molecule has 0 bridgehead atoms. The normalized spacial score (nSPS) is 15.4. The van der Waals surface area contributed by atoms with Crippen LogP contribution < -0.4 is 4.90 Å². The molecule has 5 rings (SSSR count). The summed E-state index contributed by atoms with van der Waals surface area (Å²) < 4.78 is 46.8. The van der Waals surface area contributed by atoms with Gasteiger partial charge in [-0.25, -0.2) is 4.79 Å². The summed E-state index contributed by atoms with van der Waals surface area (Å²) in [6.45, 7) is 2.87. The average Bonchev–Trinajstić information content (AvgIpc) is 3.22. The first-order chi connectivity index (χ1) is 18.1. The summed E-state index contributed by atoms with van der Waals surface area (Å²) in [5.41, 5.74) is 8.33. The first-order valence-corrected chi connectivity index (χ1v) is 14.0. The molecule has 2 aliphatic rings. The van der Waals surface area contributed by atoms with Crippen molar-refractivity contribution in [1.29, 1.82) is 0 Å². The van der Waals surface area contributed by atoms with Gasteiger partial charge in [-0.3, -0.25) is 0 Å². The van der Waals surface area contributed by atoms with Gasteiger partial charge in [-0.1, -0.05) is 60.4 Å². The highest BCUT2D eigenvalue weighted by molar-refractivity contribution is 14.1. The molecule has 9 heteroatoms. The van der Waals surface area contributed by atoms with E-state index in [-0.39, 0.29) is 18.6 Å². The van der Waals surface area contributed by atoms with E-state index < -0.39 is 13.3 Å². The van der Waals surface area contributed by atoms with Crippen LogP contribution in [0.2, 0.25) is 0 Å². The van der Waals surface area contributed by atoms with Crippen molar-refractivity contribution in [3.63, 3.8) is 0 Å². The number of halogens is 4. The lowest BCUT2D eigenvalue weighted by Crippen LogP contribution is -2.49. The van der Waals surface area contributed by atoms with E-state index in [0.717, 1.165) is 14.8 Å². The minimum absolute atomic E-state index is 0.00113. The molecule has 1 heterocycles. The summed E-state index contributed by atoms with van der Waals surface area (Å²) in [6.07, 6.45) is -1.22. The van der Waals surface area contributed by atoms with E-state index in [4.69, 9.17) is 4.74 Å². The molecule has 0 spiro atoms. The summed E-state index contributed by atoms with van der Waals surface area (Å²) in [5, 5.41) is 0. The Bertz CT molecular complexity index is 1340. The summed E-state index contributed by atoms with van der Waals surface area (Å²) in [7, 11) is 0. The fourth-order valence-corrected chi connectivity index (χ4v) is 6.61. The Balaban J connectivity index is 1.27. The van der Waals surface area contributed by atoms with Crippen LogP contribution in [0.3, 0.4) is 0 Å². The Morgan fingerprint density at radius 3 is 2.00 bits per heavy atom. The maximum Gasteiger partial charge on any atom is 0.482 e. The first-order valence-electron chi connectivity index (χ1n) is 12.9. The molecule has 0 N–H and O–H groups in total. The van der Waals surface area contributed by atoms with Crippen LogP contribution in [0.4, 0.5) is 23.4 Å².